The second-order valence-corrected chi connectivity index (χ2v) is 5.49. The topological polar surface area (TPSA) is 46.5 Å². The number of rotatable bonds is 6. The number of thiophene rings is 1. The minimum Gasteiger partial charge on any atom is -0.466 e. The van der Waals surface area contributed by atoms with Crippen molar-refractivity contribution in [3.05, 3.63) is 58.3 Å². The highest BCUT2D eigenvalue weighted by atomic mass is 32.1. The number of carbonyl (C=O) groups is 1. The number of hydrogen-bond donors (Lipinski definition) is 1. The van der Waals surface area contributed by atoms with Crippen LogP contribution >= 0.6 is 11.3 Å². The third-order valence-electron chi connectivity index (χ3n) is 3.10. The Morgan fingerprint density at radius 2 is 2.00 bits per heavy atom. The van der Waals surface area contributed by atoms with Gasteiger partial charge in [0.15, 0.2) is 0 Å². The van der Waals surface area contributed by atoms with E-state index in [0.717, 1.165) is 10.4 Å². The molecule has 0 bridgehead atoms. The molecule has 2 atom stereocenters. The number of aliphatic hydroxyl groups excluding tert-OH is 1. The van der Waals surface area contributed by atoms with E-state index in [1.165, 1.54) is 11.3 Å². The molecule has 0 saturated carbocycles. The average Bonchev–Trinajstić information content (AvgIpc) is 2.99. The molecule has 1 aromatic heterocycles. The van der Waals surface area contributed by atoms with Gasteiger partial charge in [0.25, 0.3) is 0 Å². The summed E-state index contributed by atoms with van der Waals surface area (Å²) in [5.41, 5.74) is 1.01. The molecule has 2 rings (SSSR count). The van der Waals surface area contributed by atoms with Crippen LogP contribution in [0.25, 0.3) is 0 Å². The summed E-state index contributed by atoms with van der Waals surface area (Å²) in [5, 5.41) is 12.3. The van der Waals surface area contributed by atoms with Crippen molar-refractivity contribution in [1.29, 1.82) is 0 Å². The van der Waals surface area contributed by atoms with Gasteiger partial charge in [0.1, 0.15) is 6.10 Å². The van der Waals surface area contributed by atoms with Gasteiger partial charge in [-0.3, -0.25) is 4.79 Å². The van der Waals surface area contributed by atoms with Crippen LogP contribution in [-0.2, 0) is 16.0 Å². The number of esters is 1. The summed E-state index contributed by atoms with van der Waals surface area (Å²) in [6, 6.07) is 13.4. The summed E-state index contributed by atoms with van der Waals surface area (Å²) in [6.45, 7) is 2.09. The van der Waals surface area contributed by atoms with Crippen molar-refractivity contribution >= 4 is 17.3 Å². The quantitative estimate of drug-likeness (QED) is 0.831. The Morgan fingerprint density at radius 3 is 2.60 bits per heavy atom. The summed E-state index contributed by atoms with van der Waals surface area (Å²) in [7, 11) is 0. The molecule has 106 valence electrons. The molecular formula is C16H18O3S. The summed E-state index contributed by atoms with van der Waals surface area (Å²) in [5.74, 6) is -0.923. The van der Waals surface area contributed by atoms with Crippen LogP contribution in [0.3, 0.4) is 0 Å². The molecule has 1 N–H and O–H groups in total. The molecule has 0 fully saturated rings. The maximum atomic E-state index is 12.1. The average molecular weight is 290 g/mol. The fourth-order valence-electron chi connectivity index (χ4n) is 2.10. The zero-order valence-corrected chi connectivity index (χ0v) is 12.2. The van der Waals surface area contributed by atoms with Crippen LogP contribution in [0.2, 0.25) is 0 Å². The molecular weight excluding hydrogens is 272 g/mol. The molecule has 0 saturated heterocycles. The van der Waals surface area contributed by atoms with Gasteiger partial charge in [0.2, 0.25) is 0 Å². The normalized spacial score (nSPS) is 13.7. The van der Waals surface area contributed by atoms with E-state index in [4.69, 9.17) is 4.74 Å². The van der Waals surface area contributed by atoms with Gasteiger partial charge in [-0.2, -0.15) is 0 Å². The molecule has 0 amide bonds. The number of benzene rings is 1. The van der Waals surface area contributed by atoms with Gasteiger partial charge in [0.05, 0.1) is 12.5 Å². The molecule has 20 heavy (non-hydrogen) atoms. The van der Waals surface area contributed by atoms with Gasteiger partial charge in [-0.05, 0) is 30.4 Å². The lowest BCUT2D eigenvalue weighted by molar-refractivity contribution is -0.152. The Hall–Kier alpha value is -1.65. The third-order valence-corrected chi connectivity index (χ3v) is 4.05. The Kier molecular flexibility index (Phi) is 5.32. The predicted molar refractivity (Wildman–Crippen MR) is 79.5 cm³/mol. The SMILES string of the molecule is CCOC(=O)[C@@H](Cc1ccccc1)[C@@H](O)c1cccs1. The van der Waals surface area contributed by atoms with Crippen molar-refractivity contribution in [3.63, 3.8) is 0 Å². The van der Waals surface area contributed by atoms with Crippen molar-refractivity contribution in [2.75, 3.05) is 6.61 Å². The number of carbonyl (C=O) groups excluding carboxylic acids is 1. The number of hydrogen-bond acceptors (Lipinski definition) is 4. The van der Waals surface area contributed by atoms with Crippen molar-refractivity contribution in [2.45, 2.75) is 19.4 Å². The van der Waals surface area contributed by atoms with Crippen LogP contribution in [0, 0.1) is 5.92 Å². The third kappa shape index (κ3) is 3.68. The highest BCUT2D eigenvalue weighted by Gasteiger charge is 2.30. The van der Waals surface area contributed by atoms with Crippen molar-refractivity contribution in [3.8, 4) is 0 Å². The molecule has 1 heterocycles. The van der Waals surface area contributed by atoms with E-state index in [2.05, 4.69) is 0 Å². The van der Waals surface area contributed by atoms with E-state index in [0.29, 0.717) is 13.0 Å². The maximum absolute atomic E-state index is 12.1. The monoisotopic (exact) mass is 290 g/mol. The van der Waals surface area contributed by atoms with Gasteiger partial charge in [-0.1, -0.05) is 36.4 Å². The molecule has 0 aliphatic rings. The Labute approximate surface area is 122 Å². The highest BCUT2D eigenvalue weighted by molar-refractivity contribution is 7.10. The lowest BCUT2D eigenvalue weighted by Crippen LogP contribution is -2.26. The second kappa shape index (κ2) is 7.22. The van der Waals surface area contributed by atoms with Gasteiger partial charge >= 0.3 is 5.97 Å². The zero-order valence-electron chi connectivity index (χ0n) is 11.4. The summed E-state index contributed by atoms with van der Waals surface area (Å²) >= 11 is 1.45. The zero-order chi connectivity index (χ0) is 14.4. The number of ether oxygens (including phenoxy) is 1. The molecule has 0 radical (unpaired) electrons. The Morgan fingerprint density at radius 1 is 1.25 bits per heavy atom. The van der Waals surface area contributed by atoms with Gasteiger partial charge < -0.3 is 9.84 Å². The molecule has 3 nitrogen and oxygen atoms in total. The summed E-state index contributed by atoms with van der Waals surface area (Å²) < 4.78 is 5.10. The standard InChI is InChI=1S/C16H18O3S/c1-2-19-16(18)13(11-12-7-4-3-5-8-12)15(17)14-9-6-10-20-14/h3-10,13,15,17H,2,11H2,1H3/t13-,15+/m0/s1. The summed E-state index contributed by atoms with van der Waals surface area (Å²) in [4.78, 5) is 12.9. The largest absolute Gasteiger partial charge is 0.466 e. The fourth-order valence-corrected chi connectivity index (χ4v) is 2.87. The molecule has 0 spiro atoms. The fraction of sp³-hybridized carbons (Fsp3) is 0.312. The van der Waals surface area contributed by atoms with E-state index in [1.54, 1.807) is 6.92 Å². The molecule has 2 aromatic rings. The van der Waals surface area contributed by atoms with Gasteiger partial charge in [-0.15, -0.1) is 11.3 Å². The maximum Gasteiger partial charge on any atom is 0.312 e. The Balaban J connectivity index is 2.18. The van der Waals surface area contributed by atoms with Crippen molar-refractivity contribution in [1.82, 2.24) is 0 Å². The minimum atomic E-state index is -0.825. The van der Waals surface area contributed by atoms with Crippen molar-refractivity contribution < 1.29 is 14.6 Å². The lowest BCUT2D eigenvalue weighted by atomic mass is 9.93. The van der Waals surface area contributed by atoms with Gasteiger partial charge in [0, 0.05) is 4.88 Å². The van der Waals surface area contributed by atoms with E-state index in [9.17, 15) is 9.90 Å². The predicted octanol–water partition coefficient (Wildman–Crippen LogP) is 3.20. The van der Waals surface area contributed by atoms with E-state index in [1.807, 2.05) is 47.8 Å². The van der Waals surface area contributed by atoms with Crippen LogP contribution in [0.1, 0.15) is 23.5 Å². The van der Waals surface area contributed by atoms with Crippen LogP contribution in [-0.4, -0.2) is 17.7 Å². The minimum absolute atomic E-state index is 0.321. The molecule has 0 unspecified atom stereocenters. The highest BCUT2D eigenvalue weighted by Crippen LogP contribution is 2.29. The van der Waals surface area contributed by atoms with E-state index in [-0.39, 0.29) is 5.97 Å². The smallest absolute Gasteiger partial charge is 0.312 e. The second-order valence-electron chi connectivity index (χ2n) is 4.51. The molecule has 0 aliphatic carbocycles. The molecule has 0 aliphatic heterocycles. The molecule has 1 aromatic carbocycles. The number of aliphatic hydroxyl groups is 1. The first kappa shape index (κ1) is 14.8. The molecule has 4 heteroatoms. The van der Waals surface area contributed by atoms with Crippen LogP contribution < -0.4 is 0 Å². The van der Waals surface area contributed by atoms with Gasteiger partial charge in [-0.25, -0.2) is 0 Å². The summed E-state index contributed by atoms with van der Waals surface area (Å²) in [6.07, 6.45) is -0.354. The van der Waals surface area contributed by atoms with Crippen LogP contribution in [0.4, 0.5) is 0 Å². The first-order valence-corrected chi connectivity index (χ1v) is 7.52. The Bertz CT molecular complexity index is 522. The first-order chi connectivity index (χ1) is 9.72. The lowest BCUT2D eigenvalue weighted by Gasteiger charge is -2.20. The van der Waals surface area contributed by atoms with Crippen LogP contribution in [0.15, 0.2) is 47.8 Å². The van der Waals surface area contributed by atoms with E-state index >= 15 is 0 Å². The van der Waals surface area contributed by atoms with Crippen LogP contribution in [0.5, 0.6) is 0 Å². The van der Waals surface area contributed by atoms with E-state index < -0.39 is 12.0 Å². The van der Waals surface area contributed by atoms with Crippen molar-refractivity contribution in [2.24, 2.45) is 5.92 Å². The first-order valence-electron chi connectivity index (χ1n) is 6.64.